The Hall–Kier alpha value is -2.65. The van der Waals surface area contributed by atoms with Crippen molar-refractivity contribution in [3.8, 4) is 5.75 Å². The minimum atomic E-state index is -3.55. The van der Waals surface area contributed by atoms with E-state index >= 15 is 0 Å². The van der Waals surface area contributed by atoms with Crippen LogP contribution in [-0.4, -0.2) is 47.0 Å². The second-order valence-corrected chi connectivity index (χ2v) is 8.54. The fraction of sp³-hybridized carbons (Fsp3) is 0.368. The number of anilines is 1. The number of hydrogen-bond donors (Lipinski definition) is 1. The zero-order chi connectivity index (χ0) is 19.7. The summed E-state index contributed by atoms with van der Waals surface area (Å²) in [6.45, 7) is 5.78. The number of rotatable bonds is 7. The lowest BCUT2D eigenvalue weighted by Crippen LogP contribution is -2.30. The van der Waals surface area contributed by atoms with Gasteiger partial charge in [-0.3, -0.25) is 4.40 Å². The topological polar surface area (TPSA) is 88.8 Å². The molecule has 0 unspecified atom stereocenters. The minimum absolute atomic E-state index is 0.223. The Morgan fingerprint density at radius 2 is 2.00 bits per heavy atom. The molecule has 0 spiro atoms. The van der Waals surface area contributed by atoms with Gasteiger partial charge < -0.3 is 10.1 Å². The molecular formula is C19H23N5O3S. The van der Waals surface area contributed by atoms with Gasteiger partial charge in [0.1, 0.15) is 5.75 Å². The summed E-state index contributed by atoms with van der Waals surface area (Å²) in [5.74, 6) is 1.45. The van der Waals surface area contributed by atoms with Crippen LogP contribution in [0.2, 0.25) is 0 Å². The number of fused-ring (bicyclic) bond motifs is 2. The third-order valence-corrected chi connectivity index (χ3v) is 6.96. The zero-order valence-corrected chi connectivity index (χ0v) is 16.7. The minimum Gasteiger partial charge on any atom is -0.493 e. The van der Waals surface area contributed by atoms with Gasteiger partial charge >= 0.3 is 0 Å². The van der Waals surface area contributed by atoms with Crippen molar-refractivity contribution in [2.75, 3.05) is 25.0 Å². The molecule has 8 nitrogen and oxygen atoms in total. The van der Waals surface area contributed by atoms with E-state index in [9.17, 15) is 8.42 Å². The van der Waals surface area contributed by atoms with Crippen LogP contribution in [0.15, 0.2) is 41.4 Å². The first kappa shape index (κ1) is 18.7. The van der Waals surface area contributed by atoms with Crippen molar-refractivity contribution in [3.63, 3.8) is 0 Å². The Kier molecular flexibility index (Phi) is 4.94. The molecule has 0 saturated heterocycles. The van der Waals surface area contributed by atoms with Crippen molar-refractivity contribution in [2.45, 2.75) is 31.7 Å². The summed E-state index contributed by atoms with van der Waals surface area (Å²) in [6, 6.07) is 9.35. The Bertz CT molecular complexity index is 1110. The van der Waals surface area contributed by atoms with E-state index in [1.165, 1.54) is 9.87 Å². The average Bonchev–Trinajstić information content (AvgIpc) is 3.32. The molecule has 0 saturated carbocycles. The normalized spacial score (nSPS) is 13.7. The highest BCUT2D eigenvalue weighted by molar-refractivity contribution is 7.89. The van der Waals surface area contributed by atoms with Gasteiger partial charge in [0.25, 0.3) is 0 Å². The molecule has 0 radical (unpaired) electrons. The Morgan fingerprint density at radius 1 is 1.18 bits per heavy atom. The first-order chi connectivity index (χ1) is 13.5. The monoisotopic (exact) mass is 401 g/mol. The van der Waals surface area contributed by atoms with Gasteiger partial charge in [0.2, 0.25) is 16.0 Å². The maximum Gasteiger partial charge on any atom is 0.244 e. The largest absolute Gasteiger partial charge is 0.493 e. The summed E-state index contributed by atoms with van der Waals surface area (Å²) < 4.78 is 34.2. The fourth-order valence-electron chi connectivity index (χ4n) is 3.39. The van der Waals surface area contributed by atoms with E-state index in [1.807, 2.05) is 26.0 Å². The number of aromatic nitrogens is 3. The SMILES string of the molecule is CCN(CC)S(=O)(=O)c1ccc2nnc(NCc3ccc4c(c3)CCO4)n2c1. The molecule has 2 aromatic heterocycles. The quantitative estimate of drug-likeness (QED) is 0.654. The van der Waals surface area contributed by atoms with E-state index in [0.717, 1.165) is 24.3 Å². The molecule has 1 N–H and O–H groups in total. The second kappa shape index (κ2) is 7.40. The van der Waals surface area contributed by atoms with E-state index < -0.39 is 10.0 Å². The van der Waals surface area contributed by atoms with Crippen LogP contribution in [0.1, 0.15) is 25.0 Å². The second-order valence-electron chi connectivity index (χ2n) is 6.60. The number of nitrogens with zero attached hydrogens (tertiary/aromatic N) is 4. The van der Waals surface area contributed by atoms with Crippen molar-refractivity contribution >= 4 is 21.6 Å². The van der Waals surface area contributed by atoms with Crippen LogP contribution in [0.3, 0.4) is 0 Å². The number of pyridine rings is 1. The van der Waals surface area contributed by atoms with Crippen molar-refractivity contribution < 1.29 is 13.2 Å². The highest BCUT2D eigenvalue weighted by Gasteiger charge is 2.22. The van der Waals surface area contributed by atoms with Gasteiger partial charge in [0, 0.05) is 32.3 Å². The standard InChI is InChI=1S/C19H23N5O3S/c1-3-23(4-2)28(25,26)16-6-8-18-21-22-19(24(18)13-16)20-12-14-5-7-17-15(11-14)9-10-27-17/h5-8,11,13H,3-4,9-10,12H2,1-2H3,(H,20,22). The molecule has 0 aliphatic carbocycles. The van der Waals surface area contributed by atoms with Gasteiger partial charge in [0.15, 0.2) is 5.65 Å². The van der Waals surface area contributed by atoms with Crippen molar-refractivity contribution in [2.24, 2.45) is 0 Å². The van der Waals surface area contributed by atoms with E-state index in [1.54, 1.807) is 22.7 Å². The van der Waals surface area contributed by atoms with Crippen LogP contribution in [0, 0.1) is 0 Å². The molecule has 3 aromatic rings. The molecule has 4 rings (SSSR count). The molecule has 1 aliphatic rings. The van der Waals surface area contributed by atoms with Crippen LogP contribution in [0.25, 0.3) is 5.65 Å². The number of hydrogen-bond acceptors (Lipinski definition) is 6. The summed E-state index contributed by atoms with van der Waals surface area (Å²) in [6.07, 6.45) is 2.49. The number of benzene rings is 1. The summed E-state index contributed by atoms with van der Waals surface area (Å²) in [5, 5.41) is 11.5. The molecule has 9 heteroatoms. The van der Waals surface area contributed by atoms with Gasteiger partial charge in [-0.1, -0.05) is 26.0 Å². The maximum absolute atomic E-state index is 12.8. The van der Waals surface area contributed by atoms with E-state index in [4.69, 9.17) is 4.74 Å². The molecule has 28 heavy (non-hydrogen) atoms. The predicted octanol–water partition coefficient (Wildman–Crippen LogP) is 2.31. The number of nitrogens with one attached hydrogen (secondary N) is 1. The summed E-state index contributed by atoms with van der Waals surface area (Å²) in [4.78, 5) is 0.223. The van der Waals surface area contributed by atoms with Crippen molar-refractivity contribution in [1.82, 2.24) is 18.9 Å². The summed E-state index contributed by atoms with van der Waals surface area (Å²) >= 11 is 0. The highest BCUT2D eigenvalue weighted by atomic mass is 32.2. The lowest BCUT2D eigenvalue weighted by atomic mass is 10.1. The lowest BCUT2D eigenvalue weighted by Gasteiger charge is -2.18. The number of ether oxygens (including phenoxy) is 1. The summed E-state index contributed by atoms with van der Waals surface area (Å²) in [7, 11) is -3.55. The third-order valence-electron chi connectivity index (χ3n) is 4.92. The first-order valence-corrected chi connectivity index (χ1v) is 10.8. The molecular weight excluding hydrogens is 378 g/mol. The molecule has 148 valence electrons. The third kappa shape index (κ3) is 3.31. The predicted molar refractivity (Wildman–Crippen MR) is 106 cm³/mol. The van der Waals surface area contributed by atoms with Crippen LogP contribution in [-0.2, 0) is 23.0 Å². The molecule has 0 amide bonds. The summed E-state index contributed by atoms with van der Waals surface area (Å²) in [5.41, 5.74) is 2.90. The van der Waals surface area contributed by atoms with Gasteiger partial charge in [0.05, 0.1) is 11.5 Å². The van der Waals surface area contributed by atoms with E-state index in [-0.39, 0.29) is 4.90 Å². The van der Waals surface area contributed by atoms with Gasteiger partial charge in [-0.25, -0.2) is 8.42 Å². The first-order valence-electron chi connectivity index (χ1n) is 9.36. The lowest BCUT2D eigenvalue weighted by molar-refractivity contribution is 0.357. The van der Waals surface area contributed by atoms with E-state index in [2.05, 4.69) is 21.6 Å². The van der Waals surface area contributed by atoms with Gasteiger partial charge in [-0.2, -0.15) is 4.31 Å². The van der Waals surface area contributed by atoms with Crippen LogP contribution < -0.4 is 10.1 Å². The highest BCUT2D eigenvalue weighted by Crippen LogP contribution is 2.26. The van der Waals surface area contributed by atoms with Gasteiger partial charge in [-0.15, -0.1) is 10.2 Å². The van der Waals surface area contributed by atoms with Crippen LogP contribution in [0.5, 0.6) is 5.75 Å². The maximum atomic E-state index is 12.8. The Labute approximate surface area is 164 Å². The molecule has 1 aliphatic heterocycles. The molecule has 0 fully saturated rings. The van der Waals surface area contributed by atoms with Crippen LogP contribution in [0.4, 0.5) is 5.95 Å². The molecule has 3 heterocycles. The molecule has 0 atom stereocenters. The smallest absolute Gasteiger partial charge is 0.244 e. The Morgan fingerprint density at radius 3 is 2.79 bits per heavy atom. The van der Waals surface area contributed by atoms with E-state index in [0.29, 0.717) is 31.2 Å². The zero-order valence-electron chi connectivity index (χ0n) is 15.9. The van der Waals surface area contributed by atoms with Gasteiger partial charge in [-0.05, 0) is 29.3 Å². The fourth-order valence-corrected chi connectivity index (χ4v) is 4.84. The average molecular weight is 401 g/mol. The van der Waals surface area contributed by atoms with Crippen molar-refractivity contribution in [1.29, 1.82) is 0 Å². The van der Waals surface area contributed by atoms with Crippen LogP contribution >= 0.6 is 0 Å². The molecule has 0 bridgehead atoms. The van der Waals surface area contributed by atoms with Crippen molar-refractivity contribution in [3.05, 3.63) is 47.7 Å². The number of sulfonamides is 1. The Balaban J connectivity index is 1.60. The molecule has 1 aromatic carbocycles.